The van der Waals surface area contributed by atoms with Crippen molar-refractivity contribution < 1.29 is 9.18 Å². The second-order valence-corrected chi connectivity index (χ2v) is 5.29. The number of nitrogens with zero attached hydrogens (tertiary/aromatic N) is 1. The van der Waals surface area contributed by atoms with Crippen molar-refractivity contribution in [3.8, 4) is 0 Å². The van der Waals surface area contributed by atoms with Gasteiger partial charge in [-0.3, -0.25) is 4.79 Å². The molecule has 0 bridgehead atoms. The predicted octanol–water partition coefficient (Wildman–Crippen LogP) is 3.03. The number of benzene rings is 1. The Bertz CT molecular complexity index is 422. The minimum Gasteiger partial charge on any atom is -0.376 e. The third-order valence-electron chi connectivity index (χ3n) is 3.77. The average molecular weight is 264 g/mol. The fourth-order valence-electron chi connectivity index (χ4n) is 2.75. The van der Waals surface area contributed by atoms with E-state index in [-0.39, 0.29) is 18.3 Å². The summed E-state index contributed by atoms with van der Waals surface area (Å²) in [6, 6.07) is 6.69. The number of rotatable bonds is 3. The second-order valence-electron chi connectivity index (χ2n) is 5.29. The maximum absolute atomic E-state index is 12.8. The number of hydrogen-bond acceptors (Lipinski definition) is 2. The number of nitrogens with one attached hydrogen (secondary N) is 1. The first-order chi connectivity index (χ1) is 9.08. The number of amides is 1. The normalized spacial score (nSPS) is 23.2. The molecule has 1 amide bonds. The van der Waals surface area contributed by atoms with Gasteiger partial charge in [0.05, 0.1) is 6.54 Å². The molecule has 1 fully saturated rings. The summed E-state index contributed by atoms with van der Waals surface area (Å²) in [6.07, 6.45) is 3.34. The van der Waals surface area contributed by atoms with Crippen LogP contribution in [0.25, 0.3) is 0 Å². The number of piperidine rings is 1. The van der Waals surface area contributed by atoms with Crippen LogP contribution in [0.15, 0.2) is 24.3 Å². The van der Waals surface area contributed by atoms with Crippen LogP contribution in [0.1, 0.15) is 33.1 Å². The smallest absolute Gasteiger partial charge is 0.242 e. The predicted molar refractivity (Wildman–Crippen MR) is 74.5 cm³/mol. The van der Waals surface area contributed by atoms with Crippen molar-refractivity contribution in [3.05, 3.63) is 30.1 Å². The Morgan fingerprint density at radius 2 is 1.84 bits per heavy atom. The molecule has 19 heavy (non-hydrogen) atoms. The van der Waals surface area contributed by atoms with Gasteiger partial charge >= 0.3 is 0 Å². The minimum absolute atomic E-state index is 0.115. The van der Waals surface area contributed by atoms with Gasteiger partial charge in [-0.25, -0.2) is 4.39 Å². The quantitative estimate of drug-likeness (QED) is 0.910. The highest BCUT2D eigenvalue weighted by molar-refractivity contribution is 5.81. The molecule has 0 spiro atoms. The summed E-state index contributed by atoms with van der Waals surface area (Å²) in [5.41, 5.74) is 0.770. The van der Waals surface area contributed by atoms with Crippen molar-refractivity contribution in [1.82, 2.24) is 4.90 Å². The van der Waals surface area contributed by atoms with Crippen LogP contribution in [0, 0.1) is 5.82 Å². The summed E-state index contributed by atoms with van der Waals surface area (Å²) >= 11 is 0. The molecule has 2 rings (SSSR count). The molecule has 0 saturated carbocycles. The number of likely N-dealkylation sites (tertiary alicyclic amines) is 1. The zero-order valence-corrected chi connectivity index (χ0v) is 11.5. The zero-order chi connectivity index (χ0) is 13.8. The molecular weight excluding hydrogens is 243 g/mol. The van der Waals surface area contributed by atoms with E-state index in [2.05, 4.69) is 19.2 Å². The molecule has 104 valence electrons. The molecular formula is C15H21FN2O. The monoisotopic (exact) mass is 264 g/mol. The molecule has 0 radical (unpaired) electrons. The van der Waals surface area contributed by atoms with Gasteiger partial charge in [-0.15, -0.1) is 0 Å². The van der Waals surface area contributed by atoms with Gasteiger partial charge in [0.25, 0.3) is 0 Å². The van der Waals surface area contributed by atoms with Crippen LogP contribution >= 0.6 is 0 Å². The minimum atomic E-state index is -0.268. The Kier molecular flexibility index (Phi) is 4.40. The van der Waals surface area contributed by atoms with Gasteiger partial charge in [0.1, 0.15) is 5.82 Å². The lowest BCUT2D eigenvalue weighted by molar-refractivity contribution is -0.135. The van der Waals surface area contributed by atoms with Gasteiger partial charge in [-0.1, -0.05) is 0 Å². The molecule has 1 aliphatic heterocycles. The molecule has 0 aromatic heterocycles. The lowest BCUT2D eigenvalue weighted by atomic mass is 9.97. The lowest BCUT2D eigenvalue weighted by Gasteiger charge is -2.39. The molecule has 1 saturated heterocycles. The maximum Gasteiger partial charge on any atom is 0.242 e. The van der Waals surface area contributed by atoms with E-state index in [0.717, 1.165) is 18.5 Å². The van der Waals surface area contributed by atoms with Gasteiger partial charge < -0.3 is 10.2 Å². The number of carbonyl (C=O) groups excluding carboxylic acids is 1. The summed E-state index contributed by atoms with van der Waals surface area (Å²) in [4.78, 5) is 14.2. The number of carbonyl (C=O) groups is 1. The standard InChI is InChI=1S/C15H21FN2O/c1-11-4-3-5-12(2)18(11)15(19)10-17-14-8-6-13(16)7-9-14/h6-9,11-12,17H,3-5,10H2,1-2H3. The largest absolute Gasteiger partial charge is 0.376 e. The highest BCUT2D eigenvalue weighted by Gasteiger charge is 2.28. The van der Waals surface area contributed by atoms with E-state index < -0.39 is 0 Å². The molecule has 2 unspecified atom stereocenters. The number of halogens is 1. The lowest BCUT2D eigenvalue weighted by Crippen LogP contribution is -2.49. The number of anilines is 1. The van der Waals surface area contributed by atoms with Crippen molar-refractivity contribution in [1.29, 1.82) is 0 Å². The van der Waals surface area contributed by atoms with Gasteiger partial charge in [0.15, 0.2) is 0 Å². The highest BCUT2D eigenvalue weighted by Crippen LogP contribution is 2.22. The summed E-state index contributed by atoms with van der Waals surface area (Å²) in [6.45, 7) is 4.47. The van der Waals surface area contributed by atoms with Gasteiger partial charge in [0, 0.05) is 17.8 Å². The van der Waals surface area contributed by atoms with E-state index in [1.54, 1.807) is 12.1 Å². The Morgan fingerprint density at radius 1 is 1.26 bits per heavy atom. The second kappa shape index (κ2) is 6.04. The van der Waals surface area contributed by atoms with Crippen molar-refractivity contribution in [2.24, 2.45) is 0 Å². The fourth-order valence-corrected chi connectivity index (χ4v) is 2.75. The van der Waals surface area contributed by atoms with Crippen LogP contribution in [0.4, 0.5) is 10.1 Å². The van der Waals surface area contributed by atoms with Gasteiger partial charge in [-0.2, -0.15) is 0 Å². The topological polar surface area (TPSA) is 32.3 Å². The molecule has 1 aromatic rings. The van der Waals surface area contributed by atoms with Crippen molar-refractivity contribution in [2.45, 2.75) is 45.2 Å². The Balaban J connectivity index is 1.91. The third-order valence-corrected chi connectivity index (χ3v) is 3.77. The van der Waals surface area contributed by atoms with Crippen molar-refractivity contribution in [3.63, 3.8) is 0 Å². The van der Waals surface area contributed by atoms with E-state index in [1.807, 2.05) is 4.90 Å². The Hall–Kier alpha value is -1.58. The Morgan fingerprint density at radius 3 is 2.42 bits per heavy atom. The highest BCUT2D eigenvalue weighted by atomic mass is 19.1. The zero-order valence-electron chi connectivity index (χ0n) is 11.5. The van der Waals surface area contributed by atoms with Crippen LogP contribution < -0.4 is 5.32 Å². The summed E-state index contributed by atoms with van der Waals surface area (Å²) in [7, 11) is 0. The number of hydrogen-bond donors (Lipinski definition) is 1. The summed E-state index contributed by atoms with van der Waals surface area (Å²) in [5, 5.41) is 3.05. The summed E-state index contributed by atoms with van der Waals surface area (Å²) in [5.74, 6) is -0.154. The molecule has 1 aliphatic rings. The van der Waals surface area contributed by atoms with Crippen LogP contribution in [0.5, 0.6) is 0 Å². The van der Waals surface area contributed by atoms with E-state index in [0.29, 0.717) is 12.1 Å². The molecule has 1 heterocycles. The van der Waals surface area contributed by atoms with Crippen LogP contribution in [0.3, 0.4) is 0 Å². The SMILES string of the molecule is CC1CCCC(C)N1C(=O)CNc1ccc(F)cc1. The van der Waals surface area contributed by atoms with Crippen molar-refractivity contribution in [2.75, 3.05) is 11.9 Å². The molecule has 4 heteroatoms. The first-order valence-corrected chi connectivity index (χ1v) is 6.88. The van der Waals surface area contributed by atoms with Crippen molar-refractivity contribution >= 4 is 11.6 Å². The molecule has 1 aromatic carbocycles. The molecule has 2 atom stereocenters. The molecule has 1 N–H and O–H groups in total. The van der Waals surface area contributed by atoms with Crippen LogP contribution in [-0.2, 0) is 4.79 Å². The average Bonchev–Trinajstić information content (AvgIpc) is 2.38. The molecule has 0 aliphatic carbocycles. The first-order valence-electron chi connectivity index (χ1n) is 6.88. The van der Waals surface area contributed by atoms with Gasteiger partial charge in [0.2, 0.25) is 5.91 Å². The maximum atomic E-state index is 12.8. The fraction of sp³-hybridized carbons (Fsp3) is 0.533. The van der Waals surface area contributed by atoms with Crippen LogP contribution in [0.2, 0.25) is 0 Å². The van der Waals surface area contributed by atoms with Gasteiger partial charge in [-0.05, 0) is 57.4 Å². The van der Waals surface area contributed by atoms with E-state index in [1.165, 1.54) is 18.6 Å². The van der Waals surface area contributed by atoms with E-state index >= 15 is 0 Å². The van der Waals surface area contributed by atoms with E-state index in [4.69, 9.17) is 0 Å². The third kappa shape index (κ3) is 3.46. The first kappa shape index (κ1) is 13.8. The van der Waals surface area contributed by atoms with E-state index in [9.17, 15) is 9.18 Å². The Labute approximate surface area is 113 Å². The molecule has 3 nitrogen and oxygen atoms in total. The van der Waals surface area contributed by atoms with Crippen LogP contribution in [-0.4, -0.2) is 29.4 Å². The summed E-state index contributed by atoms with van der Waals surface area (Å²) < 4.78 is 12.8.